The molecule has 0 fully saturated rings. The van der Waals surface area contributed by atoms with Crippen LogP contribution in [-0.4, -0.2) is 45.9 Å². The summed E-state index contributed by atoms with van der Waals surface area (Å²) in [6.45, 7) is 0. The molecule has 0 spiro atoms. The summed E-state index contributed by atoms with van der Waals surface area (Å²) in [6, 6.07) is 13.1. The molecule has 2 heterocycles. The number of nitro benzene ring substituents is 1. The van der Waals surface area contributed by atoms with E-state index in [9.17, 15) is 14.9 Å². The number of methoxy groups -OCH3 is 2. The van der Waals surface area contributed by atoms with E-state index in [4.69, 9.17) is 14.9 Å². The Kier molecular flexibility index (Phi) is 7.68. The topological polar surface area (TPSA) is 145 Å². The van der Waals surface area contributed by atoms with Gasteiger partial charge >= 0.3 is 0 Å². The van der Waals surface area contributed by atoms with Gasteiger partial charge in [-0.15, -0.1) is 0 Å². The number of nitrogens with one attached hydrogen (secondary N) is 2. The molecule has 2 N–H and O–H groups in total. The van der Waals surface area contributed by atoms with Crippen molar-refractivity contribution in [2.75, 3.05) is 25.9 Å². The molecule has 37 heavy (non-hydrogen) atoms. The number of fused-ring (bicyclic) bond motifs is 1. The molecule has 190 valence electrons. The summed E-state index contributed by atoms with van der Waals surface area (Å²) in [5.41, 5.74) is 5.13. The lowest BCUT2D eigenvalue weighted by atomic mass is 10.1. The Bertz CT molecular complexity index is 1520. The molecule has 0 unspecified atom stereocenters. The Morgan fingerprint density at radius 3 is 2.41 bits per heavy atom. The maximum Gasteiger partial charge on any atom is 0.269 e. The Balaban J connectivity index is 1.71. The SMILES string of the molecule is COc1cc(OC)cc(-c2cc3cnc(SC)nc3n(NC(=O)CCc3ccc([N+](=O)[O-])cc3)c2=N)c1. The summed E-state index contributed by atoms with van der Waals surface area (Å²) >= 11 is 1.35. The monoisotopic (exact) mass is 520 g/mol. The predicted molar refractivity (Wildman–Crippen MR) is 139 cm³/mol. The Hall–Kier alpha value is -4.45. The van der Waals surface area contributed by atoms with Gasteiger partial charge in [-0.1, -0.05) is 23.9 Å². The molecule has 2 aromatic heterocycles. The normalized spacial score (nSPS) is 10.8. The maximum absolute atomic E-state index is 12.9. The first-order valence-corrected chi connectivity index (χ1v) is 12.3. The molecule has 0 saturated carbocycles. The number of nitrogens with zero attached hydrogens (tertiary/aromatic N) is 4. The summed E-state index contributed by atoms with van der Waals surface area (Å²) in [4.78, 5) is 32.2. The highest BCUT2D eigenvalue weighted by molar-refractivity contribution is 7.98. The van der Waals surface area contributed by atoms with Gasteiger partial charge in [-0.25, -0.2) is 14.6 Å². The summed E-state index contributed by atoms with van der Waals surface area (Å²) in [5.74, 6) is 0.769. The van der Waals surface area contributed by atoms with Gasteiger partial charge in [0, 0.05) is 41.8 Å². The number of rotatable bonds is 9. The van der Waals surface area contributed by atoms with Crippen molar-refractivity contribution >= 4 is 34.4 Å². The molecule has 0 aliphatic rings. The van der Waals surface area contributed by atoms with E-state index >= 15 is 0 Å². The molecule has 4 aromatic rings. The van der Waals surface area contributed by atoms with Gasteiger partial charge in [0.2, 0.25) is 5.91 Å². The first-order valence-electron chi connectivity index (χ1n) is 11.1. The van der Waals surface area contributed by atoms with E-state index in [1.165, 1.54) is 28.6 Å². The van der Waals surface area contributed by atoms with Gasteiger partial charge in [-0.3, -0.25) is 25.7 Å². The van der Waals surface area contributed by atoms with Crippen molar-refractivity contribution in [2.45, 2.75) is 18.0 Å². The Labute approximate surface area is 216 Å². The second-order valence-corrected chi connectivity index (χ2v) is 8.71. The van der Waals surface area contributed by atoms with Gasteiger partial charge in [-0.05, 0) is 42.0 Å². The lowest BCUT2D eigenvalue weighted by molar-refractivity contribution is -0.384. The smallest absolute Gasteiger partial charge is 0.269 e. The van der Waals surface area contributed by atoms with E-state index < -0.39 is 4.92 Å². The molecule has 0 aliphatic heterocycles. The van der Waals surface area contributed by atoms with Crippen LogP contribution < -0.4 is 20.4 Å². The zero-order chi connectivity index (χ0) is 26.5. The van der Waals surface area contributed by atoms with Gasteiger partial charge < -0.3 is 9.47 Å². The summed E-state index contributed by atoms with van der Waals surface area (Å²) < 4.78 is 12.1. The van der Waals surface area contributed by atoms with Crippen LogP contribution >= 0.6 is 11.8 Å². The standard InChI is InChI=1S/C25H24N6O5S/c1-35-19-10-16(11-20(13-19)36-2)21-12-17-14-27-25(37-3)28-24(17)30(23(21)26)29-22(32)9-6-15-4-7-18(8-5-15)31(33)34/h4-5,7-8,10-14,26H,6,9H2,1-3H3,(H,29,32). The van der Waals surface area contributed by atoms with Gasteiger partial charge in [0.25, 0.3) is 5.69 Å². The molecule has 1 amide bonds. The van der Waals surface area contributed by atoms with Crippen LogP contribution in [0, 0.1) is 15.5 Å². The molecule has 2 aromatic carbocycles. The minimum atomic E-state index is -0.469. The second-order valence-electron chi connectivity index (χ2n) is 7.94. The number of nitro groups is 1. The fraction of sp³-hybridized carbons (Fsp3) is 0.200. The average Bonchev–Trinajstić information content (AvgIpc) is 2.92. The first-order chi connectivity index (χ1) is 17.8. The highest BCUT2D eigenvalue weighted by atomic mass is 32.2. The van der Waals surface area contributed by atoms with E-state index in [2.05, 4.69) is 15.4 Å². The zero-order valence-corrected chi connectivity index (χ0v) is 21.2. The molecule has 4 rings (SSSR count). The van der Waals surface area contributed by atoms with E-state index in [0.29, 0.717) is 45.2 Å². The molecule has 0 saturated heterocycles. The van der Waals surface area contributed by atoms with Crippen molar-refractivity contribution in [3.63, 3.8) is 0 Å². The summed E-state index contributed by atoms with van der Waals surface area (Å²) in [5, 5.41) is 20.9. The number of carbonyl (C=O) groups excluding carboxylic acids is 1. The first kappa shape index (κ1) is 25.6. The Morgan fingerprint density at radius 1 is 1.14 bits per heavy atom. The van der Waals surface area contributed by atoms with Crippen molar-refractivity contribution in [3.05, 3.63) is 75.9 Å². The van der Waals surface area contributed by atoms with Gasteiger partial charge in [0.15, 0.2) is 16.3 Å². The number of pyridine rings is 1. The van der Waals surface area contributed by atoms with Crippen LogP contribution in [0.4, 0.5) is 5.69 Å². The van der Waals surface area contributed by atoms with Gasteiger partial charge in [0.1, 0.15) is 11.5 Å². The molecule has 0 aliphatic carbocycles. The fourth-order valence-electron chi connectivity index (χ4n) is 3.71. The van der Waals surface area contributed by atoms with E-state index in [1.54, 1.807) is 56.8 Å². The van der Waals surface area contributed by atoms with Crippen LogP contribution in [0.5, 0.6) is 11.5 Å². The molecule has 0 radical (unpaired) electrons. The van der Waals surface area contributed by atoms with E-state index in [1.807, 2.05) is 6.26 Å². The summed E-state index contributed by atoms with van der Waals surface area (Å²) in [6.07, 6.45) is 3.96. The van der Waals surface area contributed by atoms with Crippen molar-refractivity contribution in [3.8, 4) is 22.6 Å². The number of non-ortho nitro benzene ring substituents is 1. The Morgan fingerprint density at radius 2 is 1.81 bits per heavy atom. The van der Waals surface area contributed by atoms with E-state index in [0.717, 1.165) is 5.56 Å². The van der Waals surface area contributed by atoms with Crippen molar-refractivity contribution in [1.29, 1.82) is 5.41 Å². The summed E-state index contributed by atoms with van der Waals surface area (Å²) in [7, 11) is 3.09. The molecule has 0 atom stereocenters. The van der Waals surface area contributed by atoms with Gasteiger partial charge in [-0.2, -0.15) is 0 Å². The van der Waals surface area contributed by atoms with Crippen LogP contribution in [0.3, 0.4) is 0 Å². The van der Waals surface area contributed by atoms with Crippen LogP contribution in [0.2, 0.25) is 0 Å². The number of ether oxygens (including phenoxy) is 2. The number of thioether (sulfide) groups is 1. The second kappa shape index (κ2) is 11.1. The van der Waals surface area contributed by atoms with Crippen molar-refractivity contribution in [1.82, 2.24) is 14.6 Å². The molecule has 0 bridgehead atoms. The lowest BCUT2D eigenvalue weighted by Gasteiger charge is -2.16. The number of benzene rings is 2. The van der Waals surface area contributed by atoms with Crippen LogP contribution in [0.25, 0.3) is 22.2 Å². The molecular formula is C25H24N6O5S. The van der Waals surface area contributed by atoms with Crippen LogP contribution in [0.15, 0.2) is 59.9 Å². The molecule has 11 nitrogen and oxygen atoms in total. The number of hydrogen-bond acceptors (Lipinski definition) is 9. The molecule has 12 heteroatoms. The fourth-order valence-corrected chi connectivity index (χ4v) is 4.05. The predicted octanol–water partition coefficient (Wildman–Crippen LogP) is 3.93. The van der Waals surface area contributed by atoms with Gasteiger partial charge in [0.05, 0.1) is 19.1 Å². The maximum atomic E-state index is 12.9. The minimum absolute atomic E-state index is 0.00987. The quantitative estimate of drug-likeness (QED) is 0.146. The third-order valence-corrected chi connectivity index (χ3v) is 6.20. The highest BCUT2D eigenvalue weighted by Gasteiger charge is 2.15. The number of aromatic nitrogens is 3. The number of aryl methyl sites for hydroxylation is 1. The van der Waals surface area contributed by atoms with Crippen LogP contribution in [-0.2, 0) is 11.2 Å². The number of hydrogen-bond donors (Lipinski definition) is 2. The largest absolute Gasteiger partial charge is 0.497 e. The zero-order valence-electron chi connectivity index (χ0n) is 20.3. The number of amides is 1. The lowest BCUT2D eigenvalue weighted by Crippen LogP contribution is -2.35. The number of carbonyl (C=O) groups is 1. The van der Waals surface area contributed by atoms with Crippen LogP contribution in [0.1, 0.15) is 12.0 Å². The highest BCUT2D eigenvalue weighted by Crippen LogP contribution is 2.29. The third kappa shape index (κ3) is 5.70. The van der Waals surface area contributed by atoms with Crippen molar-refractivity contribution < 1.29 is 19.2 Å². The average molecular weight is 521 g/mol. The third-order valence-electron chi connectivity index (χ3n) is 5.63. The molecular weight excluding hydrogens is 496 g/mol. The van der Waals surface area contributed by atoms with E-state index in [-0.39, 0.29) is 23.5 Å². The van der Waals surface area contributed by atoms with Crippen molar-refractivity contribution in [2.24, 2.45) is 0 Å². The minimum Gasteiger partial charge on any atom is -0.497 e.